The second-order valence-corrected chi connectivity index (χ2v) is 9.96. The van der Waals surface area contributed by atoms with Crippen LogP contribution in [0.25, 0.3) is 0 Å². The number of rotatable bonds is 13. The van der Waals surface area contributed by atoms with Gasteiger partial charge in [-0.25, -0.2) is 0 Å². The van der Waals surface area contributed by atoms with Crippen LogP contribution in [-0.4, -0.2) is 61.1 Å². The minimum absolute atomic E-state index is 0.202. The van der Waals surface area contributed by atoms with Gasteiger partial charge < -0.3 is 25.8 Å². The van der Waals surface area contributed by atoms with Gasteiger partial charge in [-0.05, 0) is 57.4 Å². The van der Waals surface area contributed by atoms with Crippen molar-refractivity contribution >= 4 is 23.7 Å². The van der Waals surface area contributed by atoms with Crippen LogP contribution in [-0.2, 0) is 36.8 Å². The van der Waals surface area contributed by atoms with E-state index in [9.17, 15) is 19.2 Å². The van der Waals surface area contributed by atoms with Gasteiger partial charge in [0.2, 0.25) is 17.7 Å². The van der Waals surface area contributed by atoms with Crippen molar-refractivity contribution in [3.05, 3.63) is 65.7 Å². The molecule has 0 radical (unpaired) electrons. The van der Waals surface area contributed by atoms with E-state index in [1.165, 1.54) is 7.11 Å². The van der Waals surface area contributed by atoms with Crippen LogP contribution in [0.4, 0.5) is 0 Å². The molecule has 10 nitrogen and oxygen atoms in total. The molecule has 0 saturated heterocycles. The summed E-state index contributed by atoms with van der Waals surface area (Å²) in [5, 5.41) is 8.15. The molecule has 3 amide bonds. The Morgan fingerprint density at radius 2 is 1.45 bits per heavy atom. The van der Waals surface area contributed by atoms with E-state index in [4.69, 9.17) is 15.2 Å². The van der Waals surface area contributed by atoms with Crippen molar-refractivity contribution in [2.24, 2.45) is 5.73 Å². The topological polar surface area (TPSA) is 149 Å². The Morgan fingerprint density at radius 3 is 2.00 bits per heavy atom. The maximum absolute atomic E-state index is 13.0. The number of nitrogens with two attached hydrogens (primary N) is 1. The zero-order valence-electron chi connectivity index (χ0n) is 22.6. The molecule has 5 N–H and O–H groups in total. The first-order valence-corrected chi connectivity index (χ1v) is 12.4. The van der Waals surface area contributed by atoms with Gasteiger partial charge in [-0.15, -0.1) is 0 Å². The lowest BCUT2D eigenvalue weighted by Gasteiger charge is -2.24. The fraction of sp³-hybridized carbons (Fsp3) is 0.429. The second-order valence-electron chi connectivity index (χ2n) is 9.96. The Balaban J connectivity index is 2.09. The molecular weight excluding hydrogens is 488 g/mol. The molecule has 0 aliphatic carbocycles. The van der Waals surface area contributed by atoms with Gasteiger partial charge in [-0.2, -0.15) is 0 Å². The predicted molar refractivity (Wildman–Crippen MR) is 143 cm³/mol. The number of benzene rings is 2. The Bertz CT molecular complexity index is 1080. The van der Waals surface area contributed by atoms with Crippen molar-refractivity contribution in [1.82, 2.24) is 16.0 Å². The third-order valence-electron chi connectivity index (χ3n) is 5.47. The summed E-state index contributed by atoms with van der Waals surface area (Å²) >= 11 is 0. The number of methoxy groups -OCH3 is 1. The average molecular weight is 527 g/mol. The number of primary amides is 1. The highest BCUT2D eigenvalue weighted by atomic mass is 16.5. The first-order chi connectivity index (χ1) is 17.9. The van der Waals surface area contributed by atoms with Crippen LogP contribution < -0.4 is 26.4 Å². The maximum Gasteiger partial charge on any atom is 0.323 e. The molecule has 10 heteroatoms. The average Bonchev–Trinajstić information content (AvgIpc) is 2.86. The van der Waals surface area contributed by atoms with Crippen LogP contribution in [0.3, 0.4) is 0 Å². The number of carbonyl (C=O) groups excluding carboxylic acids is 4. The van der Waals surface area contributed by atoms with E-state index < -0.39 is 41.8 Å². The van der Waals surface area contributed by atoms with E-state index >= 15 is 0 Å². The van der Waals surface area contributed by atoms with Crippen LogP contribution in [0.5, 0.6) is 5.75 Å². The zero-order chi connectivity index (χ0) is 28.3. The van der Waals surface area contributed by atoms with Gasteiger partial charge in [0, 0.05) is 6.42 Å². The number of nitrogens with one attached hydrogen (secondary N) is 3. The maximum atomic E-state index is 13.0. The summed E-state index contributed by atoms with van der Waals surface area (Å²) in [5.74, 6) is -1.56. The number of amides is 3. The zero-order valence-corrected chi connectivity index (χ0v) is 22.6. The molecule has 0 bridgehead atoms. The van der Waals surface area contributed by atoms with E-state index in [0.29, 0.717) is 5.75 Å². The quantitative estimate of drug-likeness (QED) is 0.287. The minimum atomic E-state index is -0.958. The summed E-state index contributed by atoms with van der Waals surface area (Å²) in [6.07, 6.45) is 0.472. The van der Waals surface area contributed by atoms with E-state index in [1.54, 1.807) is 6.92 Å². The van der Waals surface area contributed by atoms with E-state index in [2.05, 4.69) is 16.0 Å². The van der Waals surface area contributed by atoms with Gasteiger partial charge in [0.1, 0.15) is 23.4 Å². The largest absolute Gasteiger partial charge is 0.488 e. The summed E-state index contributed by atoms with van der Waals surface area (Å²) in [4.78, 5) is 49.4. The Morgan fingerprint density at radius 1 is 0.868 bits per heavy atom. The van der Waals surface area contributed by atoms with Crippen molar-refractivity contribution in [2.45, 2.75) is 64.3 Å². The Kier molecular flexibility index (Phi) is 11.3. The first-order valence-electron chi connectivity index (χ1n) is 12.4. The van der Waals surface area contributed by atoms with Crippen molar-refractivity contribution in [1.29, 1.82) is 0 Å². The van der Waals surface area contributed by atoms with Gasteiger partial charge in [-0.3, -0.25) is 24.5 Å². The monoisotopic (exact) mass is 526 g/mol. The molecule has 0 saturated carbocycles. The summed E-state index contributed by atoms with van der Waals surface area (Å²) < 4.78 is 10.8. The number of ether oxygens (including phenoxy) is 2. The Hall–Kier alpha value is -3.92. The van der Waals surface area contributed by atoms with E-state index in [-0.39, 0.29) is 25.0 Å². The third-order valence-corrected chi connectivity index (χ3v) is 5.47. The van der Waals surface area contributed by atoms with Crippen molar-refractivity contribution in [3.63, 3.8) is 0 Å². The minimum Gasteiger partial charge on any atom is -0.488 e. The van der Waals surface area contributed by atoms with Crippen molar-refractivity contribution in [3.8, 4) is 5.75 Å². The van der Waals surface area contributed by atoms with Gasteiger partial charge in [0.25, 0.3) is 0 Å². The normalized spacial score (nSPS) is 13.5. The van der Waals surface area contributed by atoms with Crippen molar-refractivity contribution in [2.75, 3.05) is 13.7 Å². The number of hydrogen-bond donors (Lipinski definition) is 4. The summed E-state index contributed by atoms with van der Waals surface area (Å²) in [6.45, 7) is 7.10. The van der Waals surface area contributed by atoms with Gasteiger partial charge >= 0.3 is 5.97 Å². The highest BCUT2D eigenvalue weighted by Crippen LogP contribution is 2.19. The highest BCUT2D eigenvalue weighted by Gasteiger charge is 2.28. The van der Waals surface area contributed by atoms with Gasteiger partial charge in [-0.1, -0.05) is 42.5 Å². The smallest absolute Gasteiger partial charge is 0.323 e. The molecule has 2 aromatic rings. The molecule has 0 aromatic heterocycles. The number of hydrogen-bond acceptors (Lipinski definition) is 7. The lowest BCUT2D eigenvalue weighted by molar-refractivity contribution is -0.143. The first kappa shape index (κ1) is 30.3. The van der Waals surface area contributed by atoms with Crippen LogP contribution in [0.15, 0.2) is 54.6 Å². The summed E-state index contributed by atoms with van der Waals surface area (Å²) in [5.41, 5.74) is 6.46. The fourth-order valence-electron chi connectivity index (χ4n) is 3.67. The highest BCUT2D eigenvalue weighted by molar-refractivity contribution is 5.92. The van der Waals surface area contributed by atoms with E-state index in [1.807, 2.05) is 75.4 Å². The molecule has 0 fully saturated rings. The fourth-order valence-corrected chi connectivity index (χ4v) is 3.67. The Labute approximate surface area is 223 Å². The van der Waals surface area contributed by atoms with E-state index in [0.717, 1.165) is 11.1 Å². The van der Waals surface area contributed by atoms with Crippen molar-refractivity contribution < 1.29 is 28.7 Å². The molecule has 0 aliphatic heterocycles. The SMILES string of the molecule is COC(=O)[C@H](Cc1ccc(OC(C)(C)C)cc1)N[C@@H](C)C(=O)N[C@@H](Cc1ccccc1)C(=O)NCC(N)=O. The summed E-state index contributed by atoms with van der Waals surface area (Å²) in [6, 6.07) is 13.9. The van der Waals surface area contributed by atoms with Crippen LogP contribution in [0.2, 0.25) is 0 Å². The second kappa shape index (κ2) is 14.1. The predicted octanol–water partition coefficient (Wildman–Crippen LogP) is 1.26. The number of carbonyl (C=O) groups is 4. The van der Waals surface area contributed by atoms with Gasteiger partial charge in [0.15, 0.2) is 0 Å². The molecule has 2 aromatic carbocycles. The summed E-state index contributed by atoms with van der Waals surface area (Å²) in [7, 11) is 1.28. The lowest BCUT2D eigenvalue weighted by atomic mass is 10.0. The molecular formula is C28H38N4O6. The van der Waals surface area contributed by atoms with Crippen LogP contribution in [0.1, 0.15) is 38.8 Å². The van der Waals surface area contributed by atoms with Crippen LogP contribution >= 0.6 is 0 Å². The lowest BCUT2D eigenvalue weighted by Crippen LogP contribution is -2.56. The molecule has 0 aliphatic rings. The molecule has 38 heavy (non-hydrogen) atoms. The molecule has 0 heterocycles. The molecule has 0 spiro atoms. The molecule has 206 valence electrons. The third kappa shape index (κ3) is 10.6. The molecule has 0 unspecified atom stereocenters. The number of esters is 1. The molecule has 3 atom stereocenters. The van der Waals surface area contributed by atoms with Gasteiger partial charge in [0.05, 0.1) is 19.7 Å². The molecule has 2 rings (SSSR count). The standard InChI is InChI=1S/C28H38N4O6/c1-18(25(34)32-22(26(35)30-17-24(29)33)15-19-9-7-6-8-10-19)31-23(27(36)37-5)16-20-11-13-21(14-12-20)38-28(2,3)4/h6-14,18,22-23,31H,15-17H2,1-5H3,(H2,29,33)(H,30,35)(H,32,34)/t18-,22-,23-/m0/s1. The van der Waals surface area contributed by atoms with Crippen LogP contribution in [0, 0.1) is 0 Å².